The second kappa shape index (κ2) is 16.7. The van der Waals surface area contributed by atoms with E-state index in [0.717, 1.165) is 16.5 Å². The minimum absolute atomic E-state index is 0.772. The summed E-state index contributed by atoms with van der Waals surface area (Å²) in [5.41, 5.74) is 0. The topological polar surface area (TPSA) is 37.1 Å². The van der Waals surface area contributed by atoms with Crippen LogP contribution in [0.3, 0.4) is 0 Å². The van der Waals surface area contributed by atoms with Crippen LogP contribution in [0.5, 0.6) is 0 Å². The van der Waals surface area contributed by atoms with E-state index in [1.807, 2.05) is 0 Å². The number of rotatable bonds is 0. The van der Waals surface area contributed by atoms with Gasteiger partial charge >= 0.3 is 28.0 Å². The summed E-state index contributed by atoms with van der Waals surface area (Å²) in [6.45, 7) is 0. The van der Waals surface area contributed by atoms with Crippen molar-refractivity contribution in [1.82, 2.24) is 0 Å². The van der Waals surface area contributed by atoms with Crippen molar-refractivity contribution in [2.45, 2.75) is 0 Å². The van der Waals surface area contributed by atoms with Crippen LogP contribution in [0.4, 0.5) is 0 Å². The van der Waals surface area contributed by atoms with Crippen LogP contribution >= 0.6 is 0 Å². The van der Waals surface area contributed by atoms with Crippen LogP contribution < -0.4 is 0 Å². The monoisotopic (exact) mass is 112 g/mol. The molecule has 0 rings (SSSR count). The molecule has 0 aliphatic carbocycles. The van der Waals surface area contributed by atoms with Crippen molar-refractivity contribution < 1.29 is 0 Å². The van der Waals surface area contributed by atoms with Crippen LogP contribution in [0.25, 0.3) is 0 Å². The van der Waals surface area contributed by atoms with Crippen LogP contribution in [0, 0.1) is 0 Å². The summed E-state index contributed by atoms with van der Waals surface area (Å²) in [6.07, 6.45) is 0. The minimum atomic E-state index is 0.772. The maximum atomic E-state index is 4.53. The summed E-state index contributed by atoms with van der Waals surface area (Å²) in [5.74, 6) is 0. The molecule has 37 valence electrons. The van der Waals surface area contributed by atoms with Crippen molar-refractivity contribution in [2.75, 3.05) is 14.1 Å². The zero-order chi connectivity index (χ0) is 6.12. The molecule has 0 fully saturated rings. The van der Waals surface area contributed by atoms with Crippen LogP contribution in [0.15, 0.2) is 14.1 Å². The second-order valence-corrected chi connectivity index (χ2v) is 1.17. The summed E-state index contributed by atoms with van der Waals surface area (Å²) in [6, 6.07) is 0. The molecule has 0 amide bonds. The third kappa shape index (κ3) is 96.3. The van der Waals surface area contributed by atoms with E-state index in [1.54, 1.807) is 14.1 Å². The molecule has 0 atom stereocenters. The van der Waals surface area contributed by atoms with Gasteiger partial charge in [0.15, 0.2) is 0 Å². The van der Waals surface area contributed by atoms with Gasteiger partial charge in [-0.25, -0.2) is 0 Å². The van der Waals surface area contributed by atoms with Gasteiger partial charge in [-0.15, -0.1) is 0 Å². The number of nitrogens with zero attached hydrogens (tertiary/aromatic N) is 3. The average Bonchev–Trinajstić information content (AvgIpc) is 1.69. The van der Waals surface area contributed by atoms with Gasteiger partial charge in [-0.2, -0.15) is 10.2 Å². The molecule has 0 spiro atoms. The Balaban J connectivity index is 0. The Morgan fingerprint density at radius 1 is 1.29 bits per heavy atom. The van der Waals surface area contributed by atoms with Gasteiger partial charge in [0.25, 0.3) is 0 Å². The molecule has 0 unspecified atom stereocenters. The fourth-order valence-corrected chi connectivity index (χ4v) is 0. The molecule has 0 saturated carbocycles. The zero-order valence-electron chi connectivity index (χ0n) is 4.92. The van der Waals surface area contributed by atoms with Crippen molar-refractivity contribution in [2.24, 2.45) is 14.1 Å². The number of hydrogen-bond acceptors (Lipinski definition) is 3. The molecule has 3 nitrogen and oxygen atoms in total. The van der Waals surface area contributed by atoms with E-state index in [9.17, 15) is 0 Å². The first-order chi connectivity index (χ1) is 3.33. The van der Waals surface area contributed by atoms with E-state index < -0.39 is 0 Å². The van der Waals surface area contributed by atoms with Crippen LogP contribution in [-0.2, 0) is 0 Å². The van der Waals surface area contributed by atoms with Crippen molar-refractivity contribution >= 4 is 24.1 Å². The van der Waals surface area contributed by atoms with E-state index >= 15 is 0 Å². The van der Waals surface area contributed by atoms with E-state index in [1.165, 1.54) is 0 Å². The van der Waals surface area contributed by atoms with Gasteiger partial charge in [0.1, 0.15) is 0 Å². The quantitative estimate of drug-likeness (QED) is 0.301. The van der Waals surface area contributed by atoms with Gasteiger partial charge in [-0.05, 0) is 0 Å². The Hall–Kier alpha value is -0.00260. The molecular weight excluding hydrogens is 104 g/mol. The molecule has 0 aromatic heterocycles. The average molecular weight is 112 g/mol. The first-order valence-electron chi connectivity index (χ1n) is 1.80. The van der Waals surface area contributed by atoms with E-state index in [-0.39, 0.29) is 0 Å². The molecule has 0 N–H and O–H groups in total. The van der Waals surface area contributed by atoms with Gasteiger partial charge in [0.05, 0.1) is 0 Å². The molecule has 7 heavy (non-hydrogen) atoms. The van der Waals surface area contributed by atoms with Gasteiger partial charge in [-0.1, -0.05) is 0 Å². The first-order valence-corrected chi connectivity index (χ1v) is 2.69. The summed E-state index contributed by atoms with van der Waals surface area (Å²) >= 11 is 0.772. The van der Waals surface area contributed by atoms with Gasteiger partial charge < -0.3 is 0 Å². The standard InChI is InChI=1S/C2H6N2.Al.BN.2H/c1-3-4-2;;1-2;;/h1-2H3;;;;/q;+1;-1;;. The van der Waals surface area contributed by atoms with E-state index in [0.29, 0.717) is 0 Å². The molecule has 0 aromatic carbocycles. The number of hydrogen-bond donors (Lipinski definition) is 0. The van der Waals surface area contributed by atoms with Crippen LogP contribution in [0.2, 0.25) is 0 Å². The molecule has 0 aromatic rings. The van der Waals surface area contributed by atoms with Crippen molar-refractivity contribution in [3.63, 3.8) is 0 Å². The fourth-order valence-electron chi connectivity index (χ4n) is 0. The van der Waals surface area contributed by atoms with E-state index in [2.05, 4.69) is 21.7 Å². The summed E-state index contributed by atoms with van der Waals surface area (Å²) in [4.78, 5) is 0. The third-order valence-electron chi connectivity index (χ3n) is 0.200. The molecule has 0 aliphatic heterocycles. The van der Waals surface area contributed by atoms with E-state index in [4.69, 9.17) is 0 Å². The molecule has 0 aliphatic rings. The second-order valence-electron chi connectivity index (χ2n) is 0.658. The predicted molar refractivity (Wildman–Crippen MR) is 33.4 cm³/mol. The van der Waals surface area contributed by atoms with Crippen molar-refractivity contribution in [3.05, 3.63) is 0 Å². The normalized spacial score (nSPS) is 7.00. The first kappa shape index (κ1) is 10.1. The summed E-state index contributed by atoms with van der Waals surface area (Å²) in [5, 5.41) is 6.72. The molecule has 0 bridgehead atoms. The molecule has 0 heterocycles. The molecule has 0 saturated heterocycles. The third-order valence-corrected chi connectivity index (χ3v) is 0.200. The van der Waals surface area contributed by atoms with Crippen LogP contribution in [0.1, 0.15) is 0 Å². The summed E-state index contributed by atoms with van der Waals surface area (Å²) < 4.78 is 3.14. The van der Waals surface area contributed by atoms with Crippen molar-refractivity contribution in [1.29, 1.82) is 0 Å². The van der Waals surface area contributed by atoms with Gasteiger partial charge in [-0.3, -0.25) is 0 Å². The van der Waals surface area contributed by atoms with Gasteiger partial charge in [0, 0.05) is 14.1 Å². The predicted octanol–water partition coefficient (Wildman–Crippen LogP) is -0.415. The Kier molecular flexibility index (Phi) is 24.0. The zero-order valence-corrected chi connectivity index (χ0v) is 6.92. The SMILES string of the molecule is CN=NC.[B]=[N][AlH2]. The Bertz CT molecular complexity index is 50.9. The molecule has 1 radical (unpaired) electrons. The Labute approximate surface area is 53.0 Å². The number of azo groups is 1. The molecular formula is C2H8AlBN3. The summed E-state index contributed by atoms with van der Waals surface area (Å²) in [7, 11) is 7.81. The van der Waals surface area contributed by atoms with Crippen LogP contribution in [-0.4, -0.2) is 38.2 Å². The fraction of sp³-hybridized carbons (Fsp3) is 1.00. The Morgan fingerprint density at radius 3 is 1.43 bits per heavy atom. The molecule has 5 heteroatoms. The van der Waals surface area contributed by atoms with Gasteiger partial charge in [0.2, 0.25) is 0 Å². The Morgan fingerprint density at radius 2 is 1.43 bits per heavy atom. The van der Waals surface area contributed by atoms with Crippen molar-refractivity contribution in [3.8, 4) is 0 Å². The maximum absolute atomic E-state index is 4.53.